The van der Waals surface area contributed by atoms with Crippen LogP contribution in [0.5, 0.6) is 0 Å². The van der Waals surface area contributed by atoms with Gasteiger partial charge in [0.15, 0.2) is 5.69 Å². The summed E-state index contributed by atoms with van der Waals surface area (Å²) in [5.74, 6) is 0.284. The molecule has 0 N–H and O–H groups in total. The van der Waals surface area contributed by atoms with Crippen molar-refractivity contribution in [1.82, 2.24) is 20.2 Å². The van der Waals surface area contributed by atoms with Crippen molar-refractivity contribution in [3.05, 3.63) is 28.9 Å². The topological polar surface area (TPSA) is 83.0 Å². The Hall–Kier alpha value is -1.89. The van der Waals surface area contributed by atoms with E-state index >= 15 is 0 Å². The quantitative estimate of drug-likeness (QED) is 0.612. The highest BCUT2D eigenvalue weighted by Crippen LogP contribution is 2.12. The number of carbonyl (C=O) groups is 1. The number of carbonyl (C=O) groups excluding carboxylic acids is 1. The van der Waals surface area contributed by atoms with Crippen molar-refractivity contribution in [1.29, 1.82) is 0 Å². The molecule has 0 aliphatic heterocycles. The highest BCUT2D eigenvalue weighted by atomic mass is 35.5. The van der Waals surface area contributed by atoms with Crippen LogP contribution in [0.15, 0.2) is 10.6 Å². The van der Waals surface area contributed by atoms with Crippen LogP contribution in [-0.4, -0.2) is 32.7 Å². The fraction of sp³-hybridized carbons (Fsp3) is 0.455. The molecule has 0 saturated carbocycles. The van der Waals surface area contributed by atoms with Gasteiger partial charge in [-0.05, 0) is 13.8 Å². The Morgan fingerprint density at radius 1 is 1.58 bits per heavy atom. The van der Waals surface area contributed by atoms with E-state index in [1.54, 1.807) is 19.9 Å². The second kappa shape index (κ2) is 5.83. The predicted octanol–water partition coefficient (Wildman–Crippen LogP) is 1.54. The monoisotopic (exact) mass is 284 g/mol. The van der Waals surface area contributed by atoms with Crippen molar-refractivity contribution in [2.45, 2.75) is 26.3 Å². The van der Waals surface area contributed by atoms with Gasteiger partial charge in [0, 0.05) is 6.07 Å². The lowest BCUT2D eigenvalue weighted by Crippen LogP contribution is -2.10. The molecule has 0 bridgehead atoms. The lowest BCUT2D eigenvalue weighted by molar-refractivity contribution is 0.0518. The highest BCUT2D eigenvalue weighted by Gasteiger charge is 2.20. The molecule has 0 spiro atoms. The molecule has 19 heavy (non-hydrogen) atoms. The molecule has 0 atom stereocenters. The smallest absolute Gasteiger partial charge is 0.360 e. The molecule has 0 unspecified atom stereocenters. The summed E-state index contributed by atoms with van der Waals surface area (Å²) in [5.41, 5.74) is 1.32. The molecule has 0 aliphatic carbocycles. The van der Waals surface area contributed by atoms with E-state index in [-0.39, 0.29) is 18.2 Å². The molecular formula is C11H13ClN4O3. The van der Waals surface area contributed by atoms with Crippen LogP contribution in [0.4, 0.5) is 0 Å². The first kappa shape index (κ1) is 13.5. The molecule has 0 saturated heterocycles. The van der Waals surface area contributed by atoms with Gasteiger partial charge in [-0.3, -0.25) is 0 Å². The molecule has 102 valence electrons. The molecule has 2 aromatic rings. The van der Waals surface area contributed by atoms with Gasteiger partial charge in [0.1, 0.15) is 11.5 Å². The Bertz CT molecular complexity index is 578. The number of alkyl halides is 1. The third kappa shape index (κ3) is 2.93. The number of hydrogen-bond acceptors (Lipinski definition) is 6. The first-order chi connectivity index (χ1) is 9.15. The minimum absolute atomic E-state index is 0.109. The Morgan fingerprint density at radius 2 is 2.37 bits per heavy atom. The highest BCUT2D eigenvalue weighted by molar-refractivity contribution is 6.17. The maximum atomic E-state index is 11.7. The number of nitrogens with zero attached hydrogens (tertiary/aromatic N) is 4. The maximum Gasteiger partial charge on any atom is 0.360 e. The lowest BCUT2D eigenvalue weighted by Gasteiger charge is -2.02. The summed E-state index contributed by atoms with van der Waals surface area (Å²) < 4.78 is 11.4. The van der Waals surface area contributed by atoms with E-state index in [9.17, 15) is 4.79 Å². The molecular weight excluding hydrogens is 272 g/mol. The fourth-order valence-electron chi connectivity index (χ4n) is 1.60. The zero-order valence-corrected chi connectivity index (χ0v) is 11.3. The third-order valence-electron chi connectivity index (χ3n) is 2.42. The standard InChI is InChI=1S/C11H13ClN4O3/c1-3-18-11(17)10-9(5-12)16(15-13-10)6-8-4-7(2)19-14-8/h4H,3,5-6H2,1-2H3. The molecule has 2 heterocycles. The van der Waals surface area contributed by atoms with Crippen molar-refractivity contribution in [2.75, 3.05) is 6.61 Å². The third-order valence-corrected chi connectivity index (χ3v) is 2.67. The molecule has 0 aliphatic rings. The fourth-order valence-corrected chi connectivity index (χ4v) is 1.86. The van der Waals surface area contributed by atoms with Gasteiger partial charge in [-0.15, -0.1) is 16.7 Å². The van der Waals surface area contributed by atoms with Crippen LogP contribution in [0.3, 0.4) is 0 Å². The van der Waals surface area contributed by atoms with E-state index < -0.39 is 5.97 Å². The number of esters is 1. The van der Waals surface area contributed by atoms with Crippen molar-refractivity contribution in [2.24, 2.45) is 0 Å². The van der Waals surface area contributed by atoms with Crippen molar-refractivity contribution in [3.8, 4) is 0 Å². The zero-order valence-electron chi connectivity index (χ0n) is 10.6. The van der Waals surface area contributed by atoms with E-state index in [0.29, 0.717) is 23.7 Å². The number of aromatic nitrogens is 4. The van der Waals surface area contributed by atoms with Crippen LogP contribution < -0.4 is 0 Å². The number of aryl methyl sites for hydroxylation is 1. The first-order valence-electron chi connectivity index (χ1n) is 5.73. The Kier molecular flexibility index (Phi) is 4.16. The molecule has 0 fully saturated rings. The van der Waals surface area contributed by atoms with E-state index in [1.807, 2.05) is 0 Å². The minimum atomic E-state index is -0.527. The molecule has 0 amide bonds. The second-order valence-corrected chi connectivity index (χ2v) is 4.09. The van der Waals surface area contributed by atoms with E-state index in [1.165, 1.54) is 4.68 Å². The summed E-state index contributed by atoms with van der Waals surface area (Å²) in [7, 11) is 0. The normalized spacial score (nSPS) is 10.7. The summed E-state index contributed by atoms with van der Waals surface area (Å²) in [4.78, 5) is 11.7. The van der Waals surface area contributed by atoms with Crippen LogP contribution in [-0.2, 0) is 17.2 Å². The van der Waals surface area contributed by atoms with Crippen molar-refractivity contribution in [3.63, 3.8) is 0 Å². The molecule has 0 aromatic carbocycles. The minimum Gasteiger partial charge on any atom is -0.461 e. The average molecular weight is 285 g/mol. The van der Waals surface area contributed by atoms with Crippen LogP contribution >= 0.6 is 11.6 Å². The summed E-state index contributed by atoms with van der Waals surface area (Å²) >= 11 is 5.84. The molecule has 7 nitrogen and oxygen atoms in total. The number of ether oxygens (including phenoxy) is 1. The van der Waals surface area contributed by atoms with Crippen LogP contribution in [0.2, 0.25) is 0 Å². The van der Waals surface area contributed by atoms with Gasteiger partial charge in [-0.1, -0.05) is 10.4 Å². The maximum absolute atomic E-state index is 11.7. The number of hydrogen-bond donors (Lipinski definition) is 0. The Balaban J connectivity index is 2.24. The van der Waals surface area contributed by atoms with Gasteiger partial charge in [0.25, 0.3) is 0 Å². The molecule has 2 rings (SSSR count). The second-order valence-electron chi connectivity index (χ2n) is 3.83. The molecule has 2 aromatic heterocycles. The predicted molar refractivity (Wildman–Crippen MR) is 65.9 cm³/mol. The van der Waals surface area contributed by atoms with Gasteiger partial charge < -0.3 is 9.26 Å². The Morgan fingerprint density at radius 3 is 2.95 bits per heavy atom. The summed E-state index contributed by atoms with van der Waals surface area (Å²) in [5, 5.41) is 11.6. The lowest BCUT2D eigenvalue weighted by atomic mass is 10.3. The summed E-state index contributed by atoms with van der Waals surface area (Å²) in [6.45, 7) is 4.13. The SMILES string of the molecule is CCOC(=O)c1nnn(Cc2cc(C)on2)c1CCl. The summed E-state index contributed by atoms with van der Waals surface area (Å²) in [6.07, 6.45) is 0. The van der Waals surface area contributed by atoms with Gasteiger partial charge >= 0.3 is 5.97 Å². The van der Waals surface area contributed by atoms with E-state index in [4.69, 9.17) is 20.9 Å². The Labute approximate surface area is 114 Å². The summed E-state index contributed by atoms with van der Waals surface area (Å²) in [6, 6.07) is 1.78. The molecule has 8 heteroatoms. The van der Waals surface area contributed by atoms with Crippen LogP contribution in [0, 0.1) is 6.92 Å². The van der Waals surface area contributed by atoms with Gasteiger partial charge in [0.2, 0.25) is 0 Å². The number of halogens is 1. The van der Waals surface area contributed by atoms with Gasteiger partial charge in [0.05, 0.1) is 24.7 Å². The van der Waals surface area contributed by atoms with Crippen LogP contribution in [0.1, 0.15) is 34.6 Å². The van der Waals surface area contributed by atoms with Crippen LogP contribution in [0.25, 0.3) is 0 Å². The van der Waals surface area contributed by atoms with Crippen molar-refractivity contribution >= 4 is 17.6 Å². The zero-order chi connectivity index (χ0) is 13.8. The van der Waals surface area contributed by atoms with Crippen molar-refractivity contribution < 1.29 is 14.1 Å². The van der Waals surface area contributed by atoms with E-state index in [2.05, 4.69) is 15.5 Å². The number of rotatable bonds is 5. The average Bonchev–Trinajstić information content (AvgIpc) is 2.96. The molecule has 0 radical (unpaired) electrons. The largest absolute Gasteiger partial charge is 0.461 e. The van der Waals surface area contributed by atoms with Gasteiger partial charge in [-0.25, -0.2) is 9.48 Å². The van der Waals surface area contributed by atoms with Gasteiger partial charge in [-0.2, -0.15) is 0 Å². The first-order valence-corrected chi connectivity index (χ1v) is 6.26. The van der Waals surface area contributed by atoms with E-state index in [0.717, 1.165) is 0 Å².